The highest BCUT2D eigenvalue weighted by molar-refractivity contribution is 6.05. The van der Waals surface area contributed by atoms with Crippen molar-refractivity contribution < 1.29 is 13.7 Å². The molecule has 0 aliphatic carbocycles. The highest BCUT2D eigenvalue weighted by Gasteiger charge is 2.16. The molecule has 2 rings (SSSR count). The molecule has 0 bridgehead atoms. The van der Waals surface area contributed by atoms with E-state index in [0.29, 0.717) is 22.9 Å². The van der Waals surface area contributed by atoms with E-state index in [1.165, 1.54) is 0 Å². The Labute approximate surface area is 92.4 Å². The van der Waals surface area contributed by atoms with Crippen LogP contribution in [0.5, 0.6) is 0 Å². The third kappa shape index (κ3) is 1.84. The molecule has 0 spiro atoms. The zero-order chi connectivity index (χ0) is 11.7. The van der Waals surface area contributed by atoms with E-state index in [1.807, 2.05) is 6.92 Å². The standard InChI is InChI=1S/C11H12N2O3/c1-6-5-15-8(3)10(6)11(14)12-9-4-7(2)16-13-9/h4-5H,1-3H3,(H,12,13,14). The predicted octanol–water partition coefficient (Wildman–Crippen LogP) is 2.45. The van der Waals surface area contributed by atoms with E-state index in [0.717, 1.165) is 5.56 Å². The fourth-order valence-electron chi connectivity index (χ4n) is 1.52. The third-order valence-electron chi connectivity index (χ3n) is 2.26. The maximum absolute atomic E-state index is 11.9. The lowest BCUT2D eigenvalue weighted by molar-refractivity contribution is 0.102. The van der Waals surface area contributed by atoms with Gasteiger partial charge in [0.1, 0.15) is 11.5 Å². The van der Waals surface area contributed by atoms with Gasteiger partial charge in [0.05, 0.1) is 11.8 Å². The van der Waals surface area contributed by atoms with Crippen LogP contribution in [0.25, 0.3) is 0 Å². The molecule has 5 nitrogen and oxygen atoms in total. The molecule has 16 heavy (non-hydrogen) atoms. The highest BCUT2D eigenvalue weighted by atomic mass is 16.5. The van der Waals surface area contributed by atoms with Crippen molar-refractivity contribution in [1.29, 1.82) is 0 Å². The monoisotopic (exact) mass is 220 g/mol. The second-order valence-corrected chi connectivity index (χ2v) is 3.63. The van der Waals surface area contributed by atoms with Crippen LogP contribution in [0.4, 0.5) is 5.82 Å². The summed E-state index contributed by atoms with van der Waals surface area (Å²) < 4.78 is 10.0. The van der Waals surface area contributed by atoms with Crippen molar-refractivity contribution >= 4 is 11.7 Å². The summed E-state index contributed by atoms with van der Waals surface area (Å²) >= 11 is 0. The molecule has 0 atom stereocenters. The van der Waals surface area contributed by atoms with Crippen LogP contribution >= 0.6 is 0 Å². The van der Waals surface area contributed by atoms with Crippen molar-refractivity contribution in [2.75, 3.05) is 5.32 Å². The number of nitrogens with one attached hydrogen (secondary N) is 1. The first-order valence-corrected chi connectivity index (χ1v) is 4.87. The van der Waals surface area contributed by atoms with Gasteiger partial charge in [-0.2, -0.15) is 0 Å². The van der Waals surface area contributed by atoms with Gasteiger partial charge in [-0.25, -0.2) is 0 Å². The van der Waals surface area contributed by atoms with Gasteiger partial charge in [-0.1, -0.05) is 5.16 Å². The molecule has 0 fully saturated rings. The lowest BCUT2D eigenvalue weighted by Crippen LogP contribution is -2.13. The molecule has 0 unspecified atom stereocenters. The second-order valence-electron chi connectivity index (χ2n) is 3.63. The van der Waals surface area contributed by atoms with Crippen molar-refractivity contribution in [3.63, 3.8) is 0 Å². The summed E-state index contributed by atoms with van der Waals surface area (Å²) in [5, 5.41) is 6.33. The quantitative estimate of drug-likeness (QED) is 0.843. The summed E-state index contributed by atoms with van der Waals surface area (Å²) in [6.45, 7) is 5.33. The van der Waals surface area contributed by atoms with Gasteiger partial charge < -0.3 is 14.3 Å². The smallest absolute Gasteiger partial charge is 0.260 e. The number of hydrogen-bond donors (Lipinski definition) is 1. The molecule has 2 aromatic rings. The Kier molecular flexibility index (Phi) is 2.52. The Balaban J connectivity index is 2.21. The van der Waals surface area contributed by atoms with Gasteiger partial charge in [0.15, 0.2) is 5.82 Å². The summed E-state index contributed by atoms with van der Waals surface area (Å²) in [5.74, 6) is 1.41. The SMILES string of the molecule is Cc1cc(NC(=O)c2c(C)coc2C)no1. The molecule has 0 aromatic carbocycles. The zero-order valence-electron chi connectivity index (χ0n) is 9.33. The number of aromatic nitrogens is 1. The largest absolute Gasteiger partial charge is 0.469 e. The fraction of sp³-hybridized carbons (Fsp3) is 0.273. The van der Waals surface area contributed by atoms with Gasteiger partial charge in [-0.05, 0) is 20.8 Å². The number of carbonyl (C=O) groups is 1. The van der Waals surface area contributed by atoms with Crippen LogP contribution < -0.4 is 5.32 Å². The van der Waals surface area contributed by atoms with Gasteiger partial charge in [0.2, 0.25) is 0 Å². The Morgan fingerprint density at radius 2 is 2.12 bits per heavy atom. The summed E-state index contributed by atoms with van der Waals surface area (Å²) in [7, 11) is 0. The number of amides is 1. The van der Waals surface area contributed by atoms with Crippen molar-refractivity contribution in [2.24, 2.45) is 0 Å². The van der Waals surface area contributed by atoms with Gasteiger partial charge in [0, 0.05) is 11.6 Å². The molecular formula is C11H12N2O3. The van der Waals surface area contributed by atoms with Gasteiger partial charge >= 0.3 is 0 Å². The predicted molar refractivity (Wildman–Crippen MR) is 57.4 cm³/mol. The molecular weight excluding hydrogens is 208 g/mol. The van der Waals surface area contributed by atoms with Gasteiger partial charge in [-0.3, -0.25) is 4.79 Å². The first-order valence-electron chi connectivity index (χ1n) is 4.87. The summed E-state index contributed by atoms with van der Waals surface area (Å²) in [6, 6.07) is 1.66. The topological polar surface area (TPSA) is 68.3 Å². The Bertz CT molecular complexity index is 506. The third-order valence-corrected chi connectivity index (χ3v) is 2.26. The molecule has 0 aliphatic rings. The first-order chi connectivity index (χ1) is 7.58. The molecule has 84 valence electrons. The Morgan fingerprint density at radius 1 is 1.38 bits per heavy atom. The van der Waals surface area contributed by atoms with Crippen LogP contribution in [0.3, 0.4) is 0 Å². The van der Waals surface area contributed by atoms with Crippen molar-refractivity contribution in [1.82, 2.24) is 5.16 Å². The maximum atomic E-state index is 11.9. The molecule has 1 amide bonds. The maximum Gasteiger partial charge on any atom is 0.260 e. The summed E-state index contributed by atoms with van der Waals surface area (Å²) in [5.41, 5.74) is 1.34. The number of hydrogen-bond acceptors (Lipinski definition) is 4. The van der Waals surface area contributed by atoms with Crippen molar-refractivity contribution in [2.45, 2.75) is 20.8 Å². The van der Waals surface area contributed by atoms with E-state index in [9.17, 15) is 4.79 Å². The molecule has 0 saturated carbocycles. The van der Waals surface area contributed by atoms with Crippen LogP contribution in [-0.2, 0) is 0 Å². The van der Waals surface area contributed by atoms with Crippen LogP contribution in [0.15, 0.2) is 21.3 Å². The van der Waals surface area contributed by atoms with E-state index in [4.69, 9.17) is 8.94 Å². The average Bonchev–Trinajstić information content (AvgIpc) is 2.74. The molecule has 1 N–H and O–H groups in total. The minimum absolute atomic E-state index is 0.239. The number of anilines is 1. The van der Waals surface area contributed by atoms with E-state index >= 15 is 0 Å². The van der Waals surface area contributed by atoms with E-state index in [-0.39, 0.29) is 5.91 Å². The summed E-state index contributed by atoms with van der Waals surface area (Å²) in [4.78, 5) is 11.9. The molecule has 5 heteroatoms. The molecule has 0 radical (unpaired) electrons. The average molecular weight is 220 g/mol. The summed E-state index contributed by atoms with van der Waals surface area (Å²) in [6.07, 6.45) is 1.55. The Hall–Kier alpha value is -2.04. The van der Waals surface area contributed by atoms with Crippen LogP contribution in [0.1, 0.15) is 27.4 Å². The number of nitrogens with zero attached hydrogens (tertiary/aromatic N) is 1. The minimum Gasteiger partial charge on any atom is -0.469 e. The number of aryl methyl sites for hydroxylation is 3. The van der Waals surface area contributed by atoms with Crippen LogP contribution in [0.2, 0.25) is 0 Å². The van der Waals surface area contributed by atoms with E-state index < -0.39 is 0 Å². The Morgan fingerprint density at radius 3 is 2.62 bits per heavy atom. The normalized spacial score (nSPS) is 10.4. The molecule has 2 aromatic heterocycles. The first kappa shape index (κ1) is 10.5. The number of rotatable bonds is 2. The lowest BCUT2D eigenvalue weighted by atomic mass is 10.1. The van der Waals surface area contributed by atoms with Crippen LogP contribution in [0, 0.1) is 20.8 Å². The molecule has 0 saturated heterocycles. The second kappa shape index (κ2) is 3.84. The van der Waals surface area contributed by atoms with Gasteiger partial charge in [-0.15, -0.1) is 0 Å². The lowest BCUT2D eigenvalue weighted by Gasteiger charge is -2.00. The zero-order valence-corrected chi connectivity index (χ0v) is 9.33. The van der Waals surface area contributed by atoms with Gasteiger partial charge in [0.25, 0.3) is 5.91 Å². The highest BCUT2D eigenvalue weighted by Crippen LogP contribution is 2.17. The number of carbonyl (C=O) groups excluding carboxylic acids is 1. The minimum atomic E-state index is -0.239. The van der Waals surface area contributed by atoms with Crippen molar-refractivity contribution in [3.8, 4) is 0 Å². The number of furan rings is 1. The van der Waals surface area contributed by atoms with Crippen LogP contribution in [-0.4, -0.2) is 11.1 Å². The van der Waals surface area contributed by atoms with E-state index in [1.54, 1.807) is 26.2 Å². The van der Waals surface area contributed by atoms with E-state index in [2.05, 4.69) is 10.5 Å². The van der Waals surface area contributed by atoms with Crippen molar-refractivity contribution in [3.05, 3.63) is 35.0 Å². The molecule has 0 aliphatic heterocycles. The molecule has 2 heterocycles. The fourth-order valence-corrected chi connectivity index (χ4v) is 1.52.